The van der Waals surface area contributed by atoms with Crippen LogP contribution in [0, 0.1) is 5.82 Å². The van der Waals surface area contributed by atoms with Crippen molar-refractivity contribution in [2.75, 3.05) is 13.7 Å². The van der Waals surface area contributed by atoms with E-state index in [9.17, 15) is 4.39 Å². The Labute approximate surface area is 125 Å². The van der Waals surface area contributed by atoms with E-state index < -0.39 is 0 Å². The van der Waals surface area contributed by atoms with Crippen molar-refractivity contribution in [3.05, 3.63) is 35.8 Å². The first-order chi connectivity index (χ1) is 10.0. The van der Waals surface area contributed by atoms with Gasteiger partial charge in [0.1, 0.15) is 17.2 Å². The third-order valence-corrected chi connectivity index (χ3v) is 4.16. The van der Waals surface area contributed by atoms with Gasteiger partial charge in [0, 0.05) is 12.5 Å². The Balaban J connectivity index is 2.42. The second kappa shape index (κ2) is 6.58. The Hall–Kier alpha value is -1.39. The molecule has 1 aromatic carbocycles. The van der Waals surface area contributed by atoms with Gasteiger partial charge in [-0.05, 0) is 50.6 Å². The Morgan fingerprint density at radius 2 is 2.10 bits per heavy atom. The third kappa shape index (κ3) is 3.27. The largest absolute Gasteiger partial charge is 0.459 e. The molecule has 3 nitrogen and oxygen atoms in total. The minimum absolute atomic E-state index is 0.0667. The van der Waals surface area contributed by atoms with Gasteiger partial charge in [0.2, 0.25) is 0 Å². The van der Waals surface area contributed by atoms with Crippen molar-refractivity contribution in [1.29, 1.82) is 0 Å². The van der Waals surface area contributed by atoms with Crippen molar-refractivity contribution in [1.82, 2.24) is 5.32 Å². The fourth-order valence-electron chi connectivity index (χ4n) is 2.55. The Morgan fingerprint density at radius 3 is 2.71 bits per heavy atom. The van der Waals surface area contributed by atoms with E-state index in [0.29, 0.717) is 5.58 Å². The molecule has 0 bridgehead atoms. The molecule has 116 valence electrons. The number of ether oxygens (including phenoxy) is 1. The van der Waals surface area contributed by atoms with E-state index in [2.05, 4.69) is 26.1 Å². The highest BCUT2D eigenvalue weighted by Crippen LogP contribution is 2.35. The van der Waals surface area contributed by atoms with Crippen LogP contribution in [0.1, 0.15) is 45.4 Å². The Morgan fingerprint density at radius 1 is 1.33 bits per heavy atom. The summed E-state index contributed by atoms with van der Waals surface area (Å²) in [6, 6.07) is 6.41. The number of halogens is 1. The summed E-state index contributed by atoms with van der Waals surface area (Å²) >= 11 is 0. The standard InChI is InChI=1S/C17H24FNO2/c1-5-9-19-16(17(3,6-2)20-4)15-11-12-10-13(18)7-8-14(12)21-15/h7-8,10-11,16,19H,5-6,9H2,1-4H3. The summed E-state index contributed by atoms with van der Waals surface area (Å²) in [6.45, 7) is 7.14. The molecule has 0 spiro atoms. The molecule has 0 saturated heterocycles. The molecular weight excluding hydrogens is 269 g/mol. The van der Waals surface area contributed by atoms with Crippen LogP contribution >= 0.6 is 0 Å². The number of fused-ring (bicyclic) bond motifs is 1. The van der Waals surface area contributed by atoms with Gasteiger partial charge < -0.3 is 14.5 Å². The molecule has 1 N–H and O–H groups in total. The monoisotopic (exact) mass is 293 g/mol. The average molecular weight is 293 g/mol. The van der Waals surface area contributed by atoms with Crippen molar-refractivity contribution in [2.24, 2.45) is 0 Å². The molecule has 0 radical (unpaired) electrons. The van der Waals surface area contributed by atoms with Crippen LogP contribution in [0.2, 0.25) is 0 Å². The highest BCUT2D eigenvalue weighted by Gasteiger charge is 2.35. The number of methoxy groups -OCH3 is 1. The first-order valence-corrected chi connectivity index (χ1v) is 7.51. The van der Waals surface area contributed by atoms with Gasteiger partial charge in [-0.3, -0.25) is 0 Å². The summed E-state index contributed by atoms with van der Waals surface area (Å²) in [5, 5.41) is 4.27. The molecule has 0 fully saturated rings. The van der Waals surface area contributed by atoms with E-state index in [4.69, 9.17) is 9.15 Å². The number of furan rings is 1. The molecule has 4 heteroatoms. The summed E-state index contributed by atoms with van der Waals surface area (Å²) in [6.07, 6.45) is 1.87. The molecule has 1 heterocycles. The van der Waals surface area contributed by atoms with E-state index in [-0.39, 0.29) is 17.5 Å². The third-order valence-electron chi connectivity index (χ3n) is 4.16. The number of rotatable bonds is 7. The van der Waals surface area contributed by atoms with Crippen molar-refractivity contribution in [3.63, 3.8) is 0 Å². The summed E-state index contributed by atoms with van der Waals surface area (Å²) < 4.78 is 25.0. The van der Waals surface area contributed by atoms with Crippen molar-refractivity contribution in [3.8, 4) is 0 Å². The first kappa shape index (κ1) is 16.0. The number of hydrogen-bond acceptors (Lipinski definition) is 3. The van der Waals surface area contributed by atoms with Crippen LogP contribution in [0.25, 0.3) is 11.0 Å². The number of benzene rings is 1. The van der Waals surface area contributed by atoms with E-state index in [1.807, 2.05) is 6.07 Å². The lowest BCUT2D eigenvalue weighted by Crippen LogP contribution is -2.43. The topological polar surface area (TPSA) is 34.4 Å². The maximum absolute atomic E-state index is 13.3. The van der Waals surface area contributed by atoms with Gasteiger partial charge in [-0.1, -0.05) is 13.8 Å². The van der Waals surface area contributed by atoms with Crippen LogP contribution in [0.4, 0.5) is 4.39 Å². The zero-order valence-electron chi connectivity index (χ0n) is 13.2. The Kier molecular flexibility index (Phi) is 5.01. The molecule has 2 atom stereocenters. The van der Waals surface area contributed by atoms with Gasteiger partial charge in [-0.2, -0.15) is 0 Å². The van der Waals surface area contributed by atoms with Gasteiger partial charge >= 0.3 is 0 Å². The van der Waals surface area contributed by atoms with Gasteiger partial charge in [0.05, 0.1) is 11.6 Å². The van der Waals surface area contributed by atoms with Crippen LogP contribution in [-0.4, -0.2) is 19.3 Å². The van der Waals surface area contributed by atoms with E-state index in [1.54, 1.807) is 13.2 Å². The lowest BCUT2D eigenvalue weighted by Gasteiger charge is -2.35. The van der Waals surface area contributed by atoms with Gasteiger partial charge in [-0.25, -0.2) is 4.39 Å². The van der Waals surface area contributed by atoms with E-state index >= 15 is 0 Å². The van der Waals surface area contributed by atoms with E-state index in [0.717, 1.165) is 30.5 Å². The minimum Gasteiger partial charge on any atom is -0.459 e. The summed E-state index contributed by atoms with van der Waals surface area (Å²) in [5.74, 6) is 0.535. The lowest BCUT2D eigenvalue weighted by atomic mass is 9.91. The maximum Gasteiger partial charge on any atom is 0.134 e. The van der Waals surface area contributed by atoms with Crippen LogP contribution in [0.3, 0.4) is 0 Å². The quantitative estimate of drug-likeness (QED) is 0.820. The van der Waals surface area contributed by atoms with E-state index in [1.165, 1.54) is 12.1 Å². The number of nitrogens with one attached hydrogen (secondary N) is 1. The molecule has 0 aliphatic heterocycles. The number of hydrogen-bond donors (Lipinski definition) is 1. The molecule has 2 unspecified atom stereocenters. The molecular formula is C17H24FNO2. The molecule has 0 aliphatic carbocycles. The summed E-state index contributed by atoms with van der Waals surface area (Å²) in [4.78, 5) is 0. The van der Waals surface area contributed by atoms with Crippen LogP contribution < -0.4 is 5.32 Å². The fraction of sp³-hybridized carbons (Fsp3) is 0.529. The van der Waals surface area contributed by atoms with Crippen LogP contribution in [0.5, 0.6) is 0 Å². The maximum atomic E-state index is 13.3. The predicted molar refractivity (Wildman–Crippen MR) is 82.9 cm³/mol. The SMILES string of the molecule is CCCNC(c1cc2cc(F)ccc2o1)C(C)(CC)OC. The smallest absolute Gasteiger partial charge is 0.134 e. The minimum atomic E-state index is -0.373. The van der Waals surface area contributed by atoms with Crippen molar-refractivity contribution in [2.45, 2.75) is 45.3 Å². The fourth-order valence-corrected chi connectivity index (χ4v) is 2.55. The van der Waals surface area contributed by atoms with Crippen LogP contribution in [-0.2, 0) is 4.74 Å². The molecule has 21 heavy (non-hydrogen) atoms. The predicted octanol–water partition coefficient (Wildman–Crippen LogP) is 4.43. The molecule has 0 saturated carbocycles. The normalized spacial score (nSPS) is 16.0. The highest BCUT2D eigenvalue weighted by molar-refractivity contribution is 5.78. The summed E-state index contributed by atoms with van der Waals surface area (Å²) in [5.41, 5.74) is 0.325. The zero-order valence-corrected chi connectivity index (χ0v) is 13.2. The van der Waals surface area contributed by atoms with Crippen molar-refractivity contribution >= 4 is 11.0 Å². The second-order valence-corrected chi connectivity index (χ2v) is 5.59. The highest BCUT2D eigenvalue weighted by atomic mass is 19.1. The van der Waals surface area contributed by atoms with Crippen LogP contribution in [0.15, 0.2) is 28.7 Å². The van der Waals surface area contributed by atoms with Crippen molar-refractivity contribution < 1.29 is 13.5 Å². The second-order valence-electron chi connectivity index (χ2n) is 5.59. The summed E-state index contributed by atoms with van der Waals surface area (Å²) in [7, 11) is 1.71. The zero-order chi connectivity index (χ0) is 15.5. The molecule has 2 rings (SSSR count). The lowest BCUT2D eigenvalue weighted by molar-refractivity contribution is -0.0349. The molecule has 1 aromatic heterocycles. The first-order valence-electron chi connectivity index (χ1n) is 7.51. The van der Waals surface area contributed by atoms with Gasteiger partial charge in [0.25, 0.3) is 0 Å². The molecule has 0 amide bonds. The average Bonchev–Trinajstić information content (AvgIpc) is 2.89. The Bertz CT molecular complexity index is 589. The van der Waals surface area contributed by atoms with Gasteiger partial charge in [0.15, 0.2) is 0 Å². The molecule has 2 aromatic rings. The molecule has 0 aliphatic rings. The van der Waals surface area contributed by atoms with Gasteiger partial charge in [-0.15, -0.1) is 0 Å².